The average molecular weight is 303 g/mol. The number of aromatic amines is 1. The van der Waals surface area contributed by atoms with Gasteiger partial charge in [0.05, 0.1) is 18.0 Å². The minimum Gasteiger partial charge on any atom is -0.489 e. The molecule has 0 spiro atoms. The van der Waals surface area contributed by atoms with E-state index in [1.54, 1.807) is 12.1 Å². The minimum absolute atomic E-state index is 0.0457. The Bertz CT molecular complexity index is 727. The van der Waals surface area contributed by atoms with E-state index in [-0.39, 0.29) is 12.1 Å². The highest BCUT2D eigenvalue weighted by Crippen LogP contribution is 2.27. The second-order valence-electron chi connectivity index (χ2n) is 4.74. The maximum absolute atomic E-state index is 11.6. The number of carbonyl (C=O) groups is 1. The molecule has 116 valence electrons. The SMILES string of the molecule is CCC(C)Oc1ccccc1Nc1ncc(C(=O)O)c(=O)[nH]1. The second-order valence-corrected chi connectivity index (χ2v) is 4.74. The third-order valence-electron chi connectivity index (χ3n) is 3.07. The Morgan fingerprint density at radius 2 is 2.18 bits per heavy atom. The van der Waals surface area contributed by atoms with Gasteiger partial charge in [-0.3, -0.25) is 9.78 Å². The van der Waals surface area contributed by atoms with Crippen molar-refractivity contribution < 1.29 is 14.6 Å². The maximum atomic E-state index is 11.6. The number of H-pyrrole nitrogens is 1. The van der Waals surface area contributed by atoms with Crippen LogP contribution in [0.15, 0.2) is 35.3 Å². The molecular formula is C15H17N3O4. The summed E-state index contributed by atoms with van der Waals surface area (Å²) in [6.07, 6.45) is 1.92. The highest BCUT2D eigenvalue weighted by molar-refractivity contribution is 5.86. The van der Waals surface area contributed by atoms with Crippen molar-refractivity contribution >= 4 is 17.6 Å². The number of benzene rings is 1. The molecule has 1 unspecified atom stereocenters. The summed E-state index contributed by atoms with van der Waals surface area (Å²) in [5.41, 5.74) is -0.492. The van der Waals surface area contributed by atoms with Crippen LogP contribution in [-0.2, 0) is 0 Å². The predicted octanol–water partition coefficient (Wildman–Crippen LogP) is 2.39. The van der Waals surface area contributed by atoms with E-state index in [0.717, 1.165) is 12.6 Å². The monoisotopic (exact) mass is 303 g/mol. The fourth-order valence-electron chi connectivity index (χ4n) is 1.71. The fourth-order valence-corrected chi connectivity index (χ4v) is 1.71. The molecule has 1 atom stereocenters. The lowest BCUT2D eigenvalue weighted by molar-refractivity contribution is 0.0694. The summed E-state index contributed by atoms with van der Waals surface area (Å²) in [6.45, 7) is 3.98. The van der Waals surface area contributed by atoms with Gasteiger partial charge in [0.15, 0.2) is 0 Å². The maximum Gasteiger partial charge on any atom is 0.342 e. The Morgan fingerprint density at radius 3 is 2.82 bits per heavy atom. The molecule has 7 heteroatoms. The first-order chi connectivity index (χ1) is 10.5. The Kier molecular flexibility index (Phi) is 4.77. The Morgan fingerprint density at radius 1 is 1.45 bits per heavy atom. The first-order valence-corrected chi connectivity index (χ1v) is 6.86. The third-order valence-corrected chi connectivity index (χ3v) is 3.07. The number of rotatable bonds is 6. The van der Waals surface area contributed by atoms with Gasteiger partial charge in [0.25, 0.3) is 5.56 Å². The van der Waals surface area contributed by atoms with E-state index in [9.17, 15) is 9.59 Å². The third kappa shape index (κ3) is 3.63. The van der Waals surface area contributed by atoms with Crippen molar-refractivity contribution in [2.45, 2.75) is 26.4 Å². The molecule has 0 amide bonds. The van der Waals surface area contributed by atoms with Gasteiger partial charge in [0.1, 0.15) is 11.3 Å². The predicted molar refractivity (Wildman–Crippen MR) is 81.9 cm³/mol. The Balaban J connectivity index is 2.26. The van der Waals surface area contributed by atoms with Crippen molar-refractivity contribution in [1.82, 2.24) is 9.97 Å². The summed E-state index contributed by atoms with van der Waals surface area (Å²) in [4.78, 5) is 28.7. The number of carboxylic acids is 1. The lowest BCUT2D eigenvalue weighted by Gasteiger charge is -2.16. The second kappa shape index (κ2) is 6.75. The van der Waals surface area contributed by atoms with Crippen LogP contribution in [0.2, 0.25) is 0 Å². The van der Waals surface area contributed by atoms with Crippen LogP contribution in [0, 0.1) is 0 Å². The molecule has 1 heterocycles. The molecular weight excluding hydrogens is 286 g/mol. The molecule has 1 aromatic carbocycles. The standard InChI is InChI=1S/C15H17N3O4/c1-3-9(2)22-12-7-5-4-6-11(12)17-15-16-8-10(14(20)21)13(19)18-15/h4-9H,3H2,1-2H3,(H,20,21)(H2,16,17,18,19). The molecule has 0 saturated heterocycles. The van der Waals surface area contributed by atoms with Crippen LogP contribution in [0.5, 0.6) is 5.75 Å². The van der Waals surface area contributed by atoms with Gasteiger partial charge in [-0.15, -0.1) is 0 Å². The van der Waals surface area contributed by atoms with E-state index in [1.807, 2.05) is 26.0 Å². The van der Waals surface area contributed by atoms with Crippen LogP contribution >= 0.6 is 0 Å². The summed E-state index contributed by atoms with van der Waals surface area (Å²) in [7, 11) is 0. The van der Waals surface area contributed by atoms with Crippen LogP contribution in [-0.4, -0.2) is 27.1 Å². The van der Waals surface area contributed by atoms with E-state index in [2.05, 4.69) is 15.3 Å². The van der Waals surface area contributed by atoms with Gasteiger partial charge in [-0.05, 0) is 25.5 Å². The largest absolute Gasteiger partial charge is 0.489 e. The number of anilines is 2. The molecule has 0 aliphatic heterocycles. The van der Waals surface area contributed by atoms with Gasteiger partial charge in [-0.25, -0.2) is 9.78 Å². The zero-order chi connectivity index (χ0) is 16.1. The number of carboxylic acid groups (broad SMARTS) is 1. The molecule has 2 aromatic rings. The molecule has 0 aliphatic rings. The minimum atomic E-state index is -1.32. The smallest absolute Gasteiger partial charge is 0.342 e. The van der Waals surface area contributed by atoms with Crippen LogP contribution in [0.4, 0.5) is 11.6 Å². The molecule has 2 rings (SSSR count). The van der Waals surface area contributed by atoms with Crippen LogP contribution < -0.4 is 15.6 Å². The van der Waals surface area contributed by atoms with E-state index in [4.69, 9.17) is 9.84 Å². The molecule has 0 radical (unpaired) electrons. The van der Waals surface area contributed by atoms with E-state index >= 15 is 0 Å². The van der Waals surface area contributed by atoms with Gasteiger partial charge in [-0.2, -0.15) is 0 Å². The molecule has 22 heavy (non-hydrogen) atoms. The van der Waals surface area contributed by atoms with Gasteiger partial charge in [0, 0.05) is 0 Å². The molecule has 1 aromatic heterocycles. The number of hydrogen-bond donors (Lipinski definition) is 3. The number of aromatic nitrogens is 2. The van der Waals surface area contributed by atoms with Gasteiger partial charge in [-0.1, -0.05) is 19.1 Å². The van der Waals surface area contributed by atoms with E-state index < -0.39 is 17.1 Å². The average Bonchev–Trinajstić information content (AvgIpc) is 2.48. The number of nitrogens with one attached hydrogen (secondary N) is 2. The number of aromatic carboxylic acids is 1. The molecule has 7 nitrogen and oxygen atoms in total. The zero-order valence-electron chi connectivity index (χ0n) is 12.3. The van der Waals surface area contributed by atoms with Crippen LogP contribution in [0.3, 0.4) is 0 Å². The zero-order valence-corrected chi connectivity index (χ0v) is 12.3. The van der Waals surface area contributed by atoms with Crippen molar-refractivity contribution in [1.29, 1.82) is 0 Å². The van der Waals surface area contributed by atoms with Crippen LogP contribution in [0.1, 0.15) is 30.6 Å². The summed E-state index contributed by atoms with van der Waals surface area (Å²) < 4.78 is 5.78. The number of para-hydroxylation sites is 2. The molecule has 0 fully saturated rings. The van der Waals surface area contributed by atoms with Crippen molar-refractivity contribution in [3.8, 4) is 5.75 Å². The van der Waals surface area contributed by atoms with Crippen molar-refractivity contribution in [3.05, 3.63) is 46.4 Å². The summed E-state index contributed by atoms with van der Waals surface area (Å²) >= 11 is 0. The Hall–Kier alpha value is -2.83. The number of hydrogen-bond acceptors (Lipinski definition) is 5. The van der Waals surface area contributed by atoms with Gasteiger partial charge in [0.2, 0.25) is 5.95 Å². The van der Waals surface area contributed by atoms with Gasteiger partial charge < -0.3 is 15.2 Å². The van der Waals surface area contributed by atoms with E-state index in [0.29, 0.717) is 11.4 Å². The molecule has 0 aliphatic carbocycles. The van der Waals surface area contributed by atoms with Crippen molar-refractivity contribution in [2.24, 2.45) is 0 Å². The summed E-state index contributed by atoms with van der Waals surface area (Å²) in [6, 6.07) is 7.24. The van der Waals surface area contributed by atoms with Gasteiger partial charge >= 0.3 is 5.97 Å². The molecule has 0 bridgehead atoms. The normalized spacial score (nSPS) is 11.7. The fraction of sp³-hybridized carbons (Fsp3) is 0.267. The quantitative estimate of drug-likeness (QED) is 0.757. The lowest BCUT2D eigenvalue weighted by atomic mass is 10.2. The van der Waals surface area contributed by atoms with Crippen LogP contribution in [0.25, 0.3) is 0 Å². The number of nitrogens with zero attached hydrogens (tertiary/aromatic N) is 1. The first kappa shape index (κ1) is 15.6. The Labute approximate surface area is 127 Å². The summed E-state index contributed by atoms with van der Waals surface area (Å²) in [5.74, 6) is -0.544. The highest BCUT2D eigenvalue weighted by Gasteiger charge is 2.11. The van der Waals surface area contributed by atoms with Crippen molar-refractivity contribution in [3.63, 3.8) is 0 Å². The highest BCUT2D eigenvalue weighted by atomic mass is 16.5. The number of ether oxygens (including phenoxy) is 1. The first-order valence-electron chi connectivity index (χ1n) is 6.86. The van der Waals surface area contributed by atoms with Crippen molar-refractivity contribution in [2.75, 3.05) is 5.32 Å². The lowest BCUT2D eigenvalue weighted by Crippen LogP contribution is -2.19. The molecule has 3 N–H and O–H groups in total. The topological polar surface area (TPSA) is 104 Å². The summed E-state index contributed by atoms with van der Waals surface area (Å²) in [5, 5.41) is 11.7. The molecule has 0 saturated carbocycles. The van der Waals surface area contributed by atoms with E-state index in [1.165, 1.54) is 0 Å².